The van der Waals surface area contributed by atoms with Crippen molar-refractivity contribution in [1.29, 1.82) is 0 Å². The van der Waals surface area contributed by atoms with Gasteiger partial charge in [0.2, 0.25) is 0 Å². The van der Waals surface area contributed by atoms with Crippen LogP contribution >= 0.6 is 0 Å². The number of carbonyl (C=O) groups excluding carboxylic acids is 1. The lowest BCUT2D eigenvalue weighted by Crippen LogP contribution is -2.43. The zero-order valence-corrected chi connectivity index (χ0v) is 10.9. The molecule has 1 aliphatic rings. The van der Waals surface area contributed by atoms with E-state index >= 15 is 0 Å². The molecule has 1 amide bonds. The molecule has 1 N–H and O–H groups in total. The summed E-state index contributed by atoms with van der Waals surface area (Å²) < 4.78 is 5.25. The van der Waals surface area contributed by atoms with Crippen LogP contribution in [0.15, 0.2) is 5.11 Å². The fourth-order valence-electron chi connectivity index (χ4n) is 2.05. The Kier molecular flexibility index (Phi) is 5.25. The maximum Gasteiger partial charge on any atom is 0.410 e. The summed E-state index contributed by atoms with van der Waals surface area (Å²) in [7, 11) is 0. The summed E-state index contributed by atoms with van der Waals surface area (Å²) in [6.07, 6.45) is 1.02. The van der Waals surface area contributed by atoms with E-state index < -0.39 is 11.7 Å². The molecule has 1 unspecified atom stereocenters. The standard InChI is InChI=1S/C11H20N4O3/c1-3-9(16)11(2)8-15(10(17)18-11)7-5-4-6-13-14-12/h9,16H,3-8H2,1-2H3/t9-,11?/m1/s1. The Labute approximate surface area is 106 Å². The van der Waals surface area contributed by atoms with Gasteiger partial charge in [0.1, 0.15) is 0 Å². The molecule has 1 fully saturated rings. The lowest BCUT2D eigenvalue weighted by atomic mass is 9.97. The molecule has 1 heterocycles. The first-order chi connectivity index (χ1) is 8.53. The zero-order chi connectivity index (χ0) is 13.6. The van der Waals surface area contributed by atoms with Crippen molar-refractivity contribution in [3.8, 4) is 0 Å². The van der Waals surface area contributed by atoms with Crippen molar-refractivity contribution >= 4 is 6.09 Å². The highest BCUT2D eigenvalue weighted by atomic mass is 16.6. The van der Waals surface area contributed by atoms with E-state index in [0.717, 1.165) is 12.8 Å². The van der Waals surface area contributed by atoms with E-state index in [1.165, 1.54) is 0 Å². The molecule has 2 atom stereocenters. The highest BCUT2D eigenvalue weighted by Crippen LogP contribution is 2.27. The first-order valence-corrected chi connectivity index (χ1v) is 6.20. The van der Waals surface area contributed by atoms with Crippen LogP contribution in [0.1, 0.15) is 33.1 Å². The number of aliphatic hydroxyl groups is 1. The van der Waals surface area contributed by atoms with E-state index in [1.54, 1.807) is 11.8 Å². The Hall–Kier alpha value is -1.46. The summed E-state index contributed by atoms with van der Waals surface area (Å²) in [4.78, 5) is 15.9. The molecule has 7 nitrogen and oxygen atoms in total. The lowest BCUT2D eigenvalue weighted by Gasteiger charge is -2.26. The predicted molar refractivity (Wildman–Crippen MR) is 66.0 cm³/mol. The van der Waals surface area contributed by atoms with Crippen molar-refractivity contribution in [2.24, 2.45) is 5.11 Å². The van der Waals surface area contributed by atoms with Gasteiger partial charge in [-0.15, -0.1) is 0 Å². The average Bonchev–Trinajstić information content (AvgIpc) is 2.64. The number of azide groups is 1. The van der Waals surface area contributed by atoms with Crippen LogP contribution in [0.5, 0.6) is 0 Å². The Bertz CT molecular complexity index is 343. The second-order valence-electron chi connectivity index (χ2n) is 4.69. The minimum absolute atomic E-state index is 0.381. The number of nitrogens with zero attached hydrogens (tertiary/aromatic N) is 4. The van der Waals surface area contributed by atoms with Crippen LogP contribution in [0, 0.1) is 0 Å². The fraction of sp³-hybridized carbons (Fsp3) is 0.909. The van der Waals surface area contributed by atoms with Gasteiger partial charge in [-0.2, -0.15) is 0 Å². The van der Waals surface area contributed by atoms with Crippen molar-refractivity contribution in [3.05, 3.63) is 10.4 Å². The van der Waals surface area contributed by atoms with E-state index in [-0.39, 0.29) is 6.09 Å². The molecule has 102 valence electrons. The van der Waals surface area contributed by atoms with Gasteiger partial charge in [0.15, 0.2) is 5.60 Å². The molecule has 0 radical (unpaired) electrons. The van der Waals surface area contributed by atoms with Crippen LogP contribution < -0.4 is 0 Å². The van der Waals surface area contributed by atoms with Crippen LogP contribution in [0.25, 0.3) is 10.4 Å². The van der Waals surface area contributed by atoms with E-state index in [0.29, 0.717) is 26.1 Å². The molecule has 7 heteroatoms. The first kappa shape index (κ1) is 14.6. The first-order valence-electron chi connectivity index (χ1n) is 6.20. The van der Waals surface area contributed by atoms with Crippen LogP contribution in [-0.4, -0.2) is 47.4 Å². The fourth-order valence-corrected chi connectivity index (χ4v) is 2.05. The van der Waals surface area contributed by atoms with Gasteiger partial charge in [-0.3, -0.25) is 0 Å². The normalized spacial score (nSPS) is 24.6. The average molecular weight is 256 g/mol. The van der Waals surface area contributed by atoms with Crippen molar-refractivity contribution in [2.45, 2.75) is 44.8 Å². The van der Waals surface area contributed by atoms with Crippen molar-refractivity contribution < 1.29 is 14.6 Å². The molecule has 0 aromatic carbocycles. The van der Waals surface area contributed by atoms with E-state index in [9.17, 15) is 9.90 Å². The van der Waals surface area contributed by atoms with Gasteiger partial charge >= 0.3 is 6.09 Å². The monoisotopic (exact) mass is 256 g/mol. The van der Waals surface area contributed by atoms with E-state index in [4.69, 9.17) is 10.3 Å². The number of aliphatic hydroxyl groups excluding tert-OH is 1. The summed E-state index contributed by atoms with van der Waals surface area (Å²) in [6, 6.07) is 0. The lowest BCUT2D eigenvalue weighted by molar-refractivity contribution is -0.0409. The maximum absolute atomic E-state index is 11.6. The van der Waals surface area contributed by atoms with E-state index in [1.807, 2.05) is 6.92 Å². The number of rotatable bonds is 7. The Balaban J connectivity index is 2.40. The van der Waals surface area contributed by atoms with Crippen LogP contribution in [0.2, 0.25) is 0 Å². The number of cyclic esters (lactones) is 1. The molecule has 0 saturated carbocycles. The summed E-state index contributed by atoms with van der Waals surface area (Å²) in [6.45, 7) is 5.01. The van der Waals surface area contributed by atoms with Gasteiger partial charge in [0.25, 0.3) is 0 Å². The molecular weight excluding hydrogens is 236 g/mol. The molecule has 1 aliphatic heterocycles. The molecule has 1 rings (SSSR count). The number of unbranched alkanes of at least 4 members (excludes halogenated alkanes) is 1. The smallest absolute Gasteiger partial charge is 0.410 e. The van der Waals surface area contributed by atoms with E-state index in [2.05, 4.69) is 10.0 Å². The molecule has 0 spiro atoms. The van der Waals surface area contributed by atoms with Crippen LogP contribution in [-0.2, 0) is 4.74 Å². The number of hydrogen-bond donors (Lipinski definition) is 1. The van der Waals surface area contributed by atoms with Gasteiger partial charge in [-0.05, 0) is 31.7 Å². The molecule has 18 heavy (non-hydrogen) atoms. The van der Waals surface area contributed by atoms with Crippen LogP contribution in [0.4, 0.5) is 4.79 Å². The minimum Gasteiger partial charge on any atom is -0.438 e. The third-order valence-electron chi connectivity index (χ3n) is 3.17. The Morgan fingerprint density at radius 1 is 1.67 bits per heavy atom. The van der Waals surface area contributed by atoms with Crippen LogP contribution in [0.3, 0.4) is 0 Å². The molecule has 0 aromatic heterocycles. The molecular formula is C11H20N4O3. The number of ether oxygens (including phenoxy) is 1. The second kappa shape index (κ2) is 6.47. The van der Waals surface area contributed by atoms with Crippen molar-refractivity contribution in [2.75, 3.05) is 19.6 Å². The molecule has 0 aliphatic carbocycles. The Morgan fingerprint density at radius 2 is 2.39 bits per heavy atom. The summed E-state index contributed by atoms with van der Waals surface area (Å²) in [5.74, 6) is 0. The predicted octanol–water partition coefficient (Wildman–Crippen LogP) is 2.06. The number of hydrogen-bond acceptors (Lipinski definition) is 4. The minimum atomic E-state index is -0.809. The largest absolute Gasteiger partial charge is 0.438 e. The summed E-state index contributed by atoms with van der Waals surface area (Å²) in [5, 5.41) is 13.3. The molecule has 0 bridgehead atoms. The Morgan fingerprint density at radius 3 is 3.00 bits per heavy atom. The van der Waals surface area contributed by atoms with Gasteiger partial charge < -0.3 is 14.7 Å². The quantitative estimate of drug-likeness (QED) is 0.326. The van der Waals surface area contributed by atoms with Gasteiger partial charge in [0.05, 0.1) is 12.6 Å². The zero-order valence-electron chi connectivity index (χ0n) is 10.9. The highest BCUT2D eigenvalue weighted by molar-refractivity contribution is 5.70. The third kappa shape index (κ3) is 3.51. The molecule has 0 aromatic rings. The van der Waals surface area contributed by atoms with Crippen molar-refractivity contribution in [1.82, 2.24) is 4.90 Å². The topological polar surface area (TPSA) is 98.5 Å². The summed E-state index contributed by atoms with van der Waals surface area (Å²) in [5.41, 5.74) is 7.31. The third-order valence-corrected chi connectivity index (χ3v) is 3.17. The number of amides is 1. The van der Waals surface area contributed by atoms with Gasteiger partial charge in [0, 0.05) is 18.0 Å². The number of carbonyl (C=O) groups is 1. The summed E-state index contributed by atoms with van der Waals surface area (Å²) >= 11 is 0. The van der Waals surface area contributed by atoms with Gasteiger partial charge in [-0.25, -0.2) is 4.79 Å². The highest BCUT2D eigenvalue weighted by Gasteiger charge is 2.45. The van der Waals surface area contributed by atoms with Crippen molar-refractivity contribution in [3.63, 3.8) is 0 Å². The molecule has 1 saturated heterocycles. The van der Waals surface area contributed by atoms with Gasteiger partial charge in [-0.1, -0.05) is 12.0 Å². The SMILES string of the molecule is CC[C@@H](O)C1(C)CN(CCCCN=[N+]=[N-])C(=O)O1. The maximum atomic E-state index is 11.6. The second-order valence-corrected chi connectivity index (χ2v) is 4.69.